The molecule has 5 nitrogen and oxygen atoms in total. The van der Waals surface area contributed by atoms with Crippen LogP contribution in [0, 0.1) is 0 Å². The number of hydrogen-bond donors (Lipinski definition) is 0. The lowest BCUT2D eigenvalue weighted by Crippen LogP contribution is -2.35. The molecule has 0 spiro atoms. The number of carbonyl (C=O) groups excluding carboxylic acids is 1. The fourth-order valence-electron chi connectivity index (χ4n) is 3.27. The Bertz CT molecular complexity index is 688. The molecule has 0 radical (unpaired) electrons. The molecule has 2 heterocycles. The number of aromatic nitrogens is 2. The maximum atomic E-state index is 12.4. The number of anilines is 1. The Morgan fingerprint density at radius 3 is 2.77 bits per heavy atom. The van der Waals surface area contributed by atoms with Crippen molar-refractivity contribution in [3.63, 3.8) is 0 Å². The highest BCUT2D eigenvalue weighted by molar-refractivity contribution is 7.09. The molecule has 1 aliphatic rings. The van der Waals surface area contributed by atoms with Crippen molar-refractivity contribution in [1.29, 1.82) is 0 Å². The lowest BCUT2D eigenvalue weighted by atomic mass is 10.1. The topological polar surface area (TPSA) is 49.3 Å². The van der Waals surface area contributed by atoms with Crippen LogP contribution in [-0.4, -0.2) is 46.3 Å². The summed E-state index contributed by atoms with van der Waals surface area (Å²) in [4.78, 5) is 21.4. The third-order valence-electron chi connectivity index (χ3n) is 4.78. The smallest absolute Gasteiger partial charge is 0.222 e. The van der Waals surface area contributed by atoms with Crippen LogP contribution in [0.1, 0.15) is 50.4 Å². The number of rotatable bonds is 7. The molecule has 3 rings (SSSR count). The van der Waals surface area contributed by atoms with E-state index in [2.05, 4.69) is 28.3 Å². The molecule has 1 amide bonds. The molecule has 0 saturated carbocycles. The summed E-state index contributed by atoms with van der Waals surface area (Å²) in [5, 5.41) is 0.983. The first-order chi connectivity index (χ1) is 12.8. The summed E-state index contributed by atoms with van der Waals surface area (Å²) in [6, 6.07) is 10.3. The molecule has 1 aliphatic heterocycles. The van der Waals surface area contributed by atoms with Crippen LogP contribution in [0.4, 0.5) is 5.13 Å². The Morgan fingerprint density at radius 2 is 1.96 bits per heavy atom. The largest absolute Gasteiger partial charge is 0.345 e. The quantitative estimate of drug-likeness (QED) is 0.695. The van der Waals surface area contributed by atoms with Gasteiger partial charge in [0.1, 0.15) is 5.82 Å². The molecule has 0 unspecified atom stereocenters. The summed E-state index contributed by atoms with van der Waals surface area (Å²) in [5.41, 5.74) is 1.23. The van der Waals surface area contributed by atoms with Crippen molar-refractivity contribution in [2.75, 3.05) is 31.1 Å². The van der Waals surface area contributed by atoms with Crippen LogP contribution in [0.5, 0.6) is 0 Å². The van der Waals surface area contributed by atoms with Crippen LogP contribution in [-0.2, 0) is 11.2 Å². The Balaban J connectivity index is 1.53. The molecular weight excluding hydrogens is 344 g/mol. The Kier molecular flexibility index (Phi) is 7.00. The summed E-state index contributed by atoms with van der Waals surface area (Å²) < 4.78 is 4.53. The van der Waals surface area contributed by atoms with Crippen LogP contribution >= 0.6 is 11.5 Å². The van der Waals surface area contributed by atoms with Crippen molar-refractivity contribution >= 4 is 22.6 Å². The van der Waals surface area contributed by atoms with Gasteiger partial charge >= 0.3 is 0 Å². The first-order valence-corrected chi connectivity index (χ1v) is 10.4. The number of unbranched alkanes of at least 4 members (excludes halogenated alkanes) is 2. The van der Waals surface area contributed by atoms with Crippen molar-refractivity contribution in [3.05, 3.63) is 41.7 Å². The van der Waals surface area contributed by atoms with E-state index in [-0.39, 0.29) is 0 Å². The van der Waals surface area contributed by atoms with Crippen LogP contribution in [0.2, 0.25) is 0 Å². The highest BCUT2D eigenvalue weighted by Gasteiger charge is 2.21. The van der Waals surface area contributed by atoms with Gasteiger partial charge in [-0.15, -0.1) is 0 Å². The minimum atomic E-state index is 0.308. The van der Waals surface area contributed by atoms with Crippen molar-refractivity contribution in [3.8, 4) is 0 Å². The van der Waals surface area contributed by atoms with Crippen molar-refractivity contribution in [2.24, 2.45) is 0 Å². The standard InChI is InChI=1S/C20H28N4OS/c1-2-3-5-11-19(25)23-12-8-13-24(15-14-23)20-21-18(22-26-20)16-17-9-6-4-7-10-17/h4,6-7,9-10H,2-3,5,8,11-16H2,1H3. The third kappa shape index (κ3) is 5.27. The highest BCUT2D eigenvalue weighted by atomic mass is 32.1. The molecule has 0 atom stereocenters. The SMILES string of the molecule is CCCCCC(=O)N1CCCN(c2nc(Cc3ccccc3)ns2)CC1. The molecule has 140 valence electrons. The zero-order valence-electron chi connectivity index (χ0n) is 15.6. The fraction of sp³-hybridized carbons (Fsp3) is 0.550. The van der Waals surface area contributed by atoms with Crippen molar-refractivity contribution < 1.29 is 4.79 Å². The fourth-order valence-corrected chi connectivity index (χ4v) is 4.00. The molecular formula is C20H28N4OS. The number of amides is 1. The zero-order chi connectivity index (χ0) is 18.2. The molecule has 1 fully saturated rings. The van der Waals surface area contributed by atoms with Gasteiger partial charge in [-0.2, -0.15) is 4.37 Å². The van der Waals surface area contributed by atoms with Gasteiger partial charge in [-0.05, 0) is 18.4 Å². The van der Waals surface area contributed by atoms with Crippen molar-refractivity contribution in [2.45, 2.75) is 45.4 Å². The van der Waals surface area contributed by atoms with Gasteiger partial charge < -0.3 is 9.80 Å². The monoisotopic (exact) mass is 372 g/mol. The van der Waals surface area contributed by atoms with Gasteiger partial charge in [-0.1, -0.05) is 50.1 Å². The second-order valence-electron chi connectivity index (χ2n) is 6.83. The van der Waals surface area contributed by atoms with Crippen molar-refractivity contribution in [1.82, 2.24) is 14.3 Å². The maximum absolute atomic E-state index is 12.4. The Morgan fingerprint density at radius 1 is 1.12 bits per heavy atom. The summed E-state index contributed by atoms with van der Waals surface area (Å²) >= 11 is 1.47. The average molecular weight is 373 g/mol. The molecule has 1 aromatic carbocycles. The van der Waals surface area contributed by atoms with Crippen LogP contribution < -0.4 is 4.90 Å². The van der Waals surface area contributed by atoms with Gasteiger partial charge in [-0.25, -0.2) is 4.98 Å². The average Bonchev–Trinajstić information content (AvgIpc) is 2.97. The van der Waals surface area contributed by atoms with Gasteiger partial charge in [-0.3, -0.25) is 4.79 Å². The predicted molar refractivity (Wildman–Crippen MR) is 107 cm³/mol. The van der Waals surface area contributed by atoms with E-state index in [0.717, 1.165) is 69.2 Å². The molecule has 1 aromatic heterocycles. The molecule has 2 aromatic rings. The summed E-state index contributed by atoms with van der Waals surface area (Å²) in [6.07, 6.45) is 5.76. The van der Waals surface area contributed by atoms with E-state index in [1.54, 1.807) is 0 Å². The highest BCUT2D eigenvalue weighted by Crippen LogP contribution is 2.21. The van der Waals surface area contributed by atoms with Gasteiger partial charge in [0.25, 0.3) is 0 Å². The summed E-state index contributed by atoms with van der Waals surface area (Å²) in [5.74, 6) is 1.19. The van der Waals surface area contributed by atoms with Gasteiger partial charge in [0.2, 0.25) is 11.0 Å². The van der Waals surface area contributed by atoms with Crippen LogP contribution in [0.15, 0.2) is 30.3 Å². The van der Waals surface area contributed by atoms with Gasteiger partial charge in [0, 0.05) is 50.6 Å². The lowest BCUT2D eigenvalue weighted by Gasteiger charge is -2.21. The van der Waals surface area contributed by atoms with E-state index in [9.17, 15) is 4.79 Å². The molecule has 0 N–H and O–H groups in total. The van der Waals surface area contributed by atoms with E-state index < -0.39 is 0 Å². The normalized spacial score (nSPS) is 15.1. The second kappa shape index (κ2) is 9.67. The third-order valence-corrected chi connectivity index (χ3v) is 5.59. The van der Waals surface area contributed by atoms with E-state index in [1.165, 1.54) is 17.1 Å². The zero-order valence-corrected chi connectivity index (χ0v) is 16.4. The van der Waals surface area contributed by atoms with Gasteiger partial charge in [0.15, 0.2) is 0 Å². The first kappa shape index (κ1) is 18.8. The second-order valence-corrected chi connectivity index (χ2v) is 7.56. The maximum Gasteiger partial charge on any atom is 0.222 e. The number of benzene rings is 1. The number of nitrogens with zero attached hydrogens (tertiary/aromatic N) is 4. The minimum absolute atomic E-state index is 0.308. The molecule has 26 heavy (non-hydrogen) atoms. The molecule has 6 heteroatoms. The first-order valence-electron chi connectivity index (χ1n) is 9.65. The Hall–Kier alpha value is -1.95. The van der Waals surface area contributed by atoms with Crippen LogP contribution in [0.25, 0.3) is 0 Å². The number of hydrogen-bond acceptors (Lipinski definition) is 5. The minimum Gasteiger partial charge on any atom is -0.345 e. The predicted octanol–water partition coefficient (Wildman–Crippen LogP) is 3.75. The summed E-state index contributed by atoms with van der Waals surface area (Å²) in [6.45, 7) is 5.61. The molecule has 0 aliphatic carbocycles. The van der Waals surface area contributed by atoms with Gasteiger partial charge in [0.05, 0.1) is 0 Å². The van der Waals surface area contributed by atoms with E-state index in [1.807, 2.05) is 23.1 Å². The lowest BCUT2D eigenvalue weighted by molar-refractivity contribution is -0.131. The molecule has 1 saturated heterocycles. The van der Waals surface area contributed by atoms with Crippen LogP contribution in [0.3, 0.4) is 0 Å². The molecule has 0 bridgehead atoms. The van der Waals surface area contributed by atoms with E-state index in [0.29, 0.717) is 12.3 Å². The summed E-state index contributed by atoms with van der Waals surface area (Å²) in [7, 11) is 0. The van der Waals surface area contributed by atoms with E-state index in [4.69, 9.17) is 4.98 Å². The Labute approximate surface area is 160 Å². The van der Waals surface area contributed by atoms with E-state index >= 15 is 0 Å². The number of carbonyl (C=O) groups is 1.